The molecule has 19 heavy (non-hydrogen) atoms. The number of H-pyrrole nitrogens is 1. The zero-order valence-corrected chi connectivity index (χ0v) is 10.9. The number of piperidine rings is 1. The Morgan fingerprint density at radius 3 is 3.21 bits per heavy atom. The lowest BCUT2D eigenvalue weighted by atomic mass is 9.96. The van der Waals surface area contributed by atoms with Crippen LogP contribution in [0.15, 0.2) is 27.4 Å². The quantitative estimate of drug-likeness (QED) is 0.786. The molecule has 1 aliphatic rings. The monoisotopic (exact) mass is 261 g/mol. The number of rotatable bonds is 4. The largest absolute Gasteiger partial charge is 0.417 e. The van der Waals surface area contributed by atoms with Crippen molar-refractivity contribution < 1.29 is 4.42 Å². The van der Waals surface area contributed by atoms with E-state index in [1.54, 1.807) is 0 Å². The molecule has 1 saturated heterocycles. The molecule has 0 bridgehead atoms. The van der Waals surface area contributed by atoms with Gasteiger partial charge in [0.1, 0.15) is 0 Å². The predicted octanol–water partition coefficient (Wildman–Crippen LogP) is 1.92. The van der Waals surface area contributed by atoms with E-state index in [9.17, 15) is 4.79 Å². The molecular weight excluding hydrogens is 242 g/mol. The number of anilines is 1. The molecule has 3 N–H and O–H groups in total. The van der Waals surface area contributed by atoms with Crippen LogP contribution in [0.5, 0.6) is 0 Å². The van der Waals surface area contributed by atoms with E-state index in [0.717, 1.165) is 36.8 Å². The fourth-order valence-corrected chi connectivity index (χ4v) is 2.65. The van der Waals surface area contributed by atoms with Gasteiger partial charge in [-0.05, 0) is 56.5 Å². The lowest BCUT2D eigenvalue weighted by Crippen LogP contribution is -2.30. The van der Waals surface area contributed by atoms with Gasteiger partial charge in [0.05, 0.1) is 5.52 Å². The summed E-state index contributed by atoms with van der Waals surface area (Å²) < 4.78 is 4.98. The Bertz CT molecular complexity index is 596. The number of oxazole rings is 1. The number of hydrogen-bond acceptors (Lipinski definition) is 4. The first-order valence-corrected chi connectivity index (χ1v) is 6.89. The summed E-state index contributed by atoms with van der Waals surface area (Å²) in [6.45, 7) is 3.25. The average Bonchev–Trinajstić information content (AvgIpc) is 2.79. The molecular formula is C14H19N3O2. The summed E-state index contributed by atoms with van der Waals surface area (Å²) in [6, 6.07) is 5.68. The third-order valence-corrected chi connectivity index (χ3v) is 3.70. The SMILES string of the molecule is O=c1[nH]c2cc(NCCC3CCCNC3)ccc2o1. The van der Waals surface area contributed by atoms with Gasteiger partial charge in [-0.1, -0.05) is 0 Å². The van der Waals surface area contributed by atoms with E-state index in [0.29, 0.717) is 5.58 Å². The van der Waals surface area contributed by atoms with Crippen LogP contribution in [0, 0.1) is 5.92 Å². The van der Waals surface area contributed by atoms with Crippen LogP contribution in [0.3, 0.4) is 0 Å². The highest BCUT2D eigenvalue weighted by molar-refractivity contribution is 5.76. The van der Waals surface area contributed by atoms with Crippen molar-refractivity contribution in [3.63, 3.8) is 0 Å². The van der Waals surface area contributed by atoms with Crippen LogP contribution in [0.4, 0.5) is 5.69 Å². The van der Waals surface area contributed by atoms with Crippen molar-refractivity contribution in [2.45, 2.75) is 19.3 Å². The van der Waals surface area contributed by atoms with Crippen molar-refractivity contribution in [1.82, 2.24) is 10.3 Å². The Kier molecular flexibility index (Phi) is 3.55. The Balaban J connectivity index is 1.57. The molecule has 0 aliphatic carbocycles. The third kappa shape index (κ3) is 2.98. The van der Waals surface area contributed by atoms with Gasteiger partial charge in [0.25, 0.3) is 0 Å². The van der Waals surface area contributed by atoms with Crippen molar-refractivity contribution in [2.75, 3.05) is 25.0 Å². The standard InChI is InChI=1S/C14H19N3O2/c18-14-17-12-8-11(3-4-13(12)19-14)16-7-5-10-2-1-6-15-9-10/h3-4,8,10,15-16H,1-2,5-7,9H2,(H,17,18). The number of aromatic amines is 1. The molecule has 3 rings (SSSR count). The highest BCUT2D eigenvalue weighted by Gasteiger charge is 2.12. The van der Waals surface area contributed by atoms with Crippen LogP contribution in [0.1, 0.15) is 19.3 Å². The third-order valence-electron chi connectivity index (χ3n) is 3.70. The van der Waals surface area contributed by atoms with Gasteiger partial charge in [-0.2, -0.15) is 0 Å². The molecule has 5 nitrogen and oxygen atoms in total. The molecule has 2 heterocycles. The number of benzene rings is 1. The number of aromatic nitrogens is 1. The first-order chi connectivity index (χ1) is 9.31. The Morgan fingerprint density at radius 1 is 1.42 bits per heavy atom. The Morgan fingerprint density at radius 2 is 2.37 bits per heavy atom. The van der Waals surface area contributed by atoms with E-state index in [-0.39, 0.29) is 0 Å². The summed E-state index contributed by atoms with van der Waals surface area (Å²) in [4.78, 5) is 13.7. The Labute approximate surface area is 111 Å². The molecule has 1 unspecified atom stereocenters. The second kappa shape index (κ2) is 5.48. The zero-order valence-electron chi connectivity index (χ0n) is 10.9. The van der Waals surface area contributed by atoms with Crippen LogP contribution in [-0.2, 0) is 0 Å². The lowest BCUT2D eigenvalue weighted by Gasteiger charge is -2.22. The van der Waals surface area contributed by atoms with Crippen molar-refractivity contribution in [3.8, 4) is 0 Å². The molecule has 1 aromatic heterocycles. The fraction of sp³-hybridized carbons (Fsp3) is 0.500. The van der Waals surface area contributed by atoms with Gasteiger partial charge >= 0.3 is 5.76 Å². The van der Waals surface area contributed by atoms with Gasteiger partial charge < -0.3 is 15.1 Å². The molecule has 1 atom stereocenters. The molecule has 102 valence electrons. The molecule has 1 fully saturated rings. The van der Waals surface area contributed by atoms with Gasteiger partial charge in [0.15, 0.2) is 5.58 Å². The van der Waals surface area contributed by atoms with Crippen molar-refractivity contribution in [3.05, 3.63) is 28.7 Å². The predicted molar refractivity (Wildman–Crippen MR) is 75.5 cm³/mol. The number of hydrogen-bond donors (Lipinski definition) is 3. The molecule has 1 aliphatic heterocycles. The van der Waals surface area contributed by atoms with E-state index in [4.69, 9.17) is 4.42 Å². The zero-order chi connectivity index (χ0) is 13.1. The highest BCUT2D eigenvalue weighted by atomic mass is 16.4. The maximum atomic E-state index is 11.1. The summed E-state index contributed by atoms with van der Waals surface area (Å²) >= 11 is 0. The average molecular weight is 261 g/mol. The molecule has 1 aromatic carbocycles. The van der Waals surface area contributed by atoms with Crippen LogP contribution in [-0.4, -0.2) is 24.6 Å². The maximum absolute atomic E-state index is 11.1. The number of fused-ring (bicyclic) bond motifs is 1. The normalized spacial score (nSPS) is 19.7. The van der Waals surface area contributed by atoms with E-state index in [1.807, 2.05) is 18.2 Å². The fourth-order valence-electron chi connectivity index (χ4n) is 2.65. The second-order valence-corrected chi connectivity index (χ2v) is 5.15. The van der Waals surface area contributed by atoms with Crippen LogP contribution >= 0.6 is 0 Å². The highest BCUT2D eigenvalue weighted by Crippen LogP contribution is 2.18. The topological polar surface area (TPSA) is 70.1 Å². The van der Waals surface area contributed by atoms with E-state index >= 15 is 0 Å². The smallest absolute Gasteiger partial charge is 0.408 e. The molecule has 0 radical (unpaired) electrons. The van der Waals surface area contributed by atoms with Crippen LogP contribution < -0.4 is 16.4 Å². The van der Waals surface area contributed by atoms with Crippen molar-refractivity contribution >= 4 is 16.8 Å². The molecule has 0 amide bonds. The first kappa shape index (κ1) is 12.3. The number of nitrogens with one attached hydrogen (secondary N) is 3. The van der Waals surface area contributed by atoms with Crippen LogP contribution in [0.25, 0.3) is 11.1 Å². The van der Waals surface area contributed by atoms with Gasteiger partial charge in [-0.15, -0.1) is 0 Å². The second-order valence-electron chi connectivity index (χ2n) is 5.15. The lowest BCUT2D eigenvalue weighted by molar-refractivity contribution is 0.364. The molecule has 0 spiro atoms. The van der Waals surface area contributed by atoms with Crippen molar-refractivity contribution in [2.24, 2.45) is 5.92 Å². The van der Waals surface area contributed by atoms with Crippen molar-refractivity contribution in [1.29, 1.82) is 0 Å². The minimum Gasteiger partial charge on any atom is -0.408 e. The summed E-state index contributed by atoms with van der Waals surface area (Å²) in [5.41, 5.74) is 2.37. The minimum absolute atomic E-state index is 0.402. The van der Waals surface area contributed by atoms with Gasteiger partial charge in [-0.25, -0.2) is 4.79 Å². The van der Waals surface area contributed by atoms with E-state index < -0.39 is 5.76 Å². The summed E-state index contributed by atoms with van der Waals surface area (Å²) in [6.07, 6.45) is 3.78. The summed E-state index contributed by atoms with van der Waals surface area (Å²) in [5.74, 6) is 0.374. The molecule has 0 saturated carbocycles. The summed E-state index contributed by atoms with van der Waals surface area (Å²) in [7, 11) is 0. The molecule has 2 aromatic rings. The minimum atomic E-state index is -0.402. The van der Waals surface area contributed by atoms with Gasteiger partial charge in [0, 0.05) is 12.2 Å². The molecule has 5 heteroatoms. The van der Waals surface area contributed by atoms with Gasteiger partial charge in [-0.3, -0.25) is 4.98 Å². The van der Waals surface area contributed by atoms with E-state index in [2.05, 4.69) is 15.6 Å². The Hall–Kier alpha value is -1.75. The van der Waals surface area contributed by atoms with E-state index in [1.165, 1.54) is 19.3 Å². The summed E-state index contributed by atoms with van der Waals surface area (Å²) in [5, 5.41) is 6.83. The first-order valence-electron chi connectivity index (χ1n) is 6.89. The maximum Gasteiger partial charge on any atom is 0.417 e. The van der Waals surface area contributed by atoms with Gasteiger partial charge in [0.2, 0.25) is 0 Å². The van der Waals surface area contributed by atoms with Crippen LogP contribution in [0.2, 0.25) is 0 Å².